The summed E-state index contributed by atoms with van der Waals surface area (Å²) in [5.74, 6) is -0.0420. The number of carbonyl (C=O) groups excluding carboxylic acids is 1. The zero-order chi connectivity index (χ0) is 28.5. The third-order valence-corrected chi connectivity index (χ3v) is 8.23. The summed E-state index contributed by atoms with van der Waals surface area (Å²) in [6.45, 7) is 6.81. The molecule has 3 aromatic carbocycles. The van der Waals surface area contributed by atoms with E-state index in [-0.39, 0.29) is 18.0 Å². The van der Waals surface area contributed by atoms with E-state index in [1.54, 1.807) is 0 Å². The highest BCUT2D eigenvalue weighted by Crippen LogP contribution is 2.42. The van der Waals surface area contributed by atoms with Crippen LogP contribution < -0.4 is 10.6 Å². The summed E-state index contributed by atoms with van der Waals surface area (Å²) in [7, 11) is 0. The number of hydrogen-bond acceptors (Lipinski definition) is 3. The van der Waals surface area contributed by atoms with Crippen molar-refractivity contribution < 1.29 is 4.79 Å². The maximum absolute atomic E-state index is 13.0. The third-order valence-electron chi connectivity index (χ3n) is 7.88. The van der Waals surface area contributed by atoms with Gasteiger partial charge in [0.15, 0.2) is 5.11 Å². The lowest BCUT2D eigenvalue weighted by Crippen LogP contribution is -2.32. The SMILES string of the molecule is Cc1cccc(NC(=O)CCN2C(=S)NC(c3ccccn3)C2c2cc(C)n(-c3cccc4ccccc34)c2C)c1. The first-order valence-electron chi connectivity index (χ1n) is 13.9. The van der Waals surface area contributed by atoms with Crippen molar-refractivity contribution >= 4 is 39.7 Å². The summed E-state index contributed by atoms with van der Waals surface area (Å²) in [5, 5.41) is 9.60. The van der Waals surface area contributed by atoms with E-state index in [4.69, 9.17) is 12.2 Å². The molecule has 0 saturated carbocycles. The Morgan fingerprint density at radius 1 is 0.951 bits per heavy atom. The van der Waals surface area contributed by atoms with Crippen LogP contribution in [-0.4, -0.2) is 32.0 Å². The van der Waals surface area contributed by atoms with Gasteiger partial charge >= 0.3 is 0 Å². The van der Waals surface area contributed by atoms with Gasteiger partial charge in [0, 0.05) is 41.6 Å². The number of amides is 1. The van der Waals surface area contributed by atoms with Crippen LogP contribution in [0.25, 0.3) is 16.5 Å². The molecule has 1 aliphatic heterocycles. The maximum Gasteiger partial charge on any atom is 0.226 e. The van der Waals surface area contributed by atoms with E-state index < -0.39 is 0 Å². The first-order chi connectivity index (χ1) is 19.9. The molecular formula is C34H33N5OS. The molecule has 1 fully saturated rings. The van der Waals surface area contributed by atoms with Crippen LogP contribution in [0.5, 0.6) is 0 Å². The Balaban J connectivity index is 1.36. The molecule has 0 radical (unpaired) electrons. The van der Waals surface area contributed by atoms with E-state index in [1.807, 2.05) is 55.6 Å². The number of fused-ring (bicyclic) bond motifs is 1. The average molecular weight is 560 g/mol. The molecule has 7 heteroatoms. The number of anilines is 1. The van der Waals surface area contributed by atoms with E-state index in [9.17, 15) is 4.79 Å². The Labute approximate surface area is 246 Å². The number of aromatic nitrogens is 2. The third kappa shape index (κ3) is 5.21. The Morgan fingerprint density at radius 2 is 1.73 bits per heavy atom. The van der Waals surface area contributed by atoms with E-state index >= 15 is 0 Å². The highest BCUT2D eigenvalue weighted by Gasteiger charge is 2.41. The smallest absolute Gasteiger partial charge is 0.226 e. The van der Waals surface area contributed by atoms with E-state index in [0.29, 0.717) is 18.1 Å². The van der Waals surface area contributed by atoms with Crippen LogP contribution in [-0.2, 0) is 4.79 Å². The molecule has 0 spiro atoms. The van der Waals surface area contributed by atoms with Gasteiger partial charge in [0.25, 0.3) is 0 Å². The standard InChI is InChI=1S/C34H33N5OS/c1-22-10-8-13-26(20-22)36-31(40)17-19-38-33(32(37-34(38)41)29-15-6-7-18-35-29)28-21-23(2)39(24(28)3)30-16-9-12-25-11-4-5-14-27(25)30/h4-16,18,20-21,32-33H,17,19H2,1-3H3,(H,36,40)(H,37,41). The lowest BCUT2D eigenvalue weighted by molar-refractivity contribution is -0.116. The molecule has 1 saturated heterocycles. The molecular weight excluding hydrogens is 526 g/mol. The summed E-state index contributed by atoms with van der Waals surface area (Å²) in [6.07, 6.45) is 2.12. The minimum atomic E-state index is -0.148. The van der Waals surface area contributed by atoms with Gasteiger partial charge in [0.1, 0.15) is 0 Å². The summed E-state index contributed by atoms with van der Waals surface area (Å²) in [6, 6.07) is 30.7. The van der Waals surface area contributed by atoms with Crippen molar-refractivity contribution in [3.05, 3.63) is 125 Å². The predicted molar refractivity (Wildman–Crippen MR) is 169 cm³/mol. The van der Waals surface area contributed by atoms with Gasteiger partial charge in [-0.1, -0.05) is 54.6 Å². The molecule has 41 heavy (non-hydrogen) atoms. The normalized spacial score (nSPS) is 16.7. The number of nitrogens with zero attached hydrogens (tertiary/aromatic N) is 3. The fourth-order valence-electron chi connectivity index (χ4n) is 6.01. The molecule has 3 heterocycles. The van der Waals surface area contributed by atoms with Crippen LogP contribution in [0.4, 0.5) is 5.69 Å². The Hall–Kier alpha value is -4.49. The molecule has 206 valence electrons. The van der Waals surface area contributed by atoms with Crippen molar-refractivity contribution in [1.29, 1.82) is 0 Å². The second kappa shape index (κ2) is 11.2. The van der Waals surface area contributed by atoms with Gasteiger partial charge in [-0.3, -0.25) is 9.78 Å². The molecule has 6 rings (SSSR count). The van der Waals surface area contributed by atoms with Gasteiger partial charge < -0.3 is 20.1 Å². The lowest BCUT2D eigenvalue weighted by Gasteiger charge is -2.28. The number of pyridine rings is 1. The van der Waals surface area contributed by atoms with Crippen molar-refractivity contribution in [3.8, 4) is 5.69 Å². The van der Waals surface area contributed by atoms with Crippen LogP contribution in [0.15, 0.2) is 97.2 Å². The first kappa shape index (κ1) is 26.7. The summed E-state index contributed by atoms with van der Waals surface area (Å²) in [5.41, 5.74) is 7.43. The quantitative estimate of drug-likeness (QED) is 0.211. The largest absolute Gasteiger partial charge is 0.352 e. The highest BCUT2D eigenvalue weighted by atomic mass is 32.1. The van der Waals surface area contributed by atoms with E-state index in [0.717, 1.165) is 39.6 Å². The van der Waals surface area contributed by atoms with E-state index in [1.165, 1.54) is 10.8 Å². The maximum atomic E-state index is 13.0. The molecule has 1 aliphatic rings. The van der Waals surface area contributed by atoms with Gasteiger partial charge in [-0.05, 0) is 85.9 Å². The predicted octanol–water partition coefficient (Wildman–Crippen LogP) is 6.95. The zero-order valence-corrected chi connectivity index (χ0v) is 24.3. The number of thiocarbonyl (C=S) groups is 1. The number of nitrogens with one attached hydrogen (secondary N) is 2. The fourth-order valence-corrected chi connectivity index (χ4v) is 6.35. The summed E-state index contributed by atoms with van der Waals surface area (Å²) >= 11 is 5.88. The van der Waals surface area contributed by atoms with Gasteiger partial charge in [-0.2, -0.15) is 0 Å². The van der Waals surface area contributed by atoms with Crippen molar-refractivity contribution in [1.82, 2.24) is 19.8 Å². The first-order valence-corrected chi connectivity index (χ1v) is 14.3. The lowest BCUT2D eigenvalue weighted by atomic mass is 9.96. The van der Waals surface area contributed by atoms with Crippen LogP contribution in [0.2, 0.25) is 0 Å². The topological polar surface area (TPSA) is 62.2 Å². The molecule has 6 nitrogen and oxygen atoms in total. The Morgan fingerprint density at radius 3 is 2.54 bits per heavy atom. The molecule has 2 atom stereocenters. The minimum absolute atomic E-state index is 0.0420. The summed E-state index contributed by atoms with van der Waals surface area (Å²) < 4.78 is 2.33. The number of hydrogen-bond donors (Lipinski definition) is 2. The van der Waals surface area contributed by atoms with Gasteiger partial charge in [0.05, 0.1) is 23.5 Å². The molecule has 2 unspecified atom stereocenters. The molecule has 0 bridgehead atoms. The monoisotopic (exact) mass is 559 g/mol. The zero-order valence-electron chi connectivity index (χ0n) is 23.5. The molecule has 2 N–H and O–H groups in total. The van der Waals surface area contributed by atoms with Gasteiger partial charge in [-0.25, -0.2) is 0 Å². The second-order valence-corrected chi connectivity index (χ2v) is 11.0. The molecule has 5 aromatic rings. The van der Waals surface area contributed by atoms with Crippen molar-refractivity contribution in [2.24, 2.45) is 0 Å². The van der Waals surface area contributed by atoms with Crippen LogP contribution in [0.1, 0.15) is 46.7 Å². The highest BCUT2D eigenvalue weighted by molar-refractivity contribution is 7.80. The van der Waals surface area contributed by atoms with Crippen LogP contribution in [0.3, 0.4) is 0 Å². The average Bonchev–Trinajstić information content (AvgIpc) is 3.46. The molecule has 2 aromatic heterocycles. The van der Waals surface area contributed by atoms with E-state index in [2.05, 4.69) is 87.5 Å². The Kier molecular flexibility index (Phi) is 7.28. The number of aryl methyl sites for hydroxylation is 2. The summed E-state index contributed by atoms with van der Waals surface area (Å²) in [4.78, 5) is 19.8. The fraction of sp³-hybridized carbons (Fsp3) is 0.206. The van der Waals surface area contributed by atoms with Gasteiger partial charge in [-0.15, -0.1) is 0 Å². The molecule has 1 amide bonds. The number of benzene rings is 3. The van der Waals surface area contributed by atoms with Crippen molar-refractivity contribution in [2.45, 2.75) is 39.3 Å². The van der Waals surface area contributed by atoms with Crippen LogP contribution in [0, 0.1) is 20.8 Å². The van der Waals surface area contributed by atoms with Crippen molar-refractivity contribution in [2.75, 3.05) is 11.9 Å². The number of rotatable bonds is 7. The van der Waals surface area contributed by atoms with Crippen LogP contribution >= 0.6 is 12.2 Å². The minimum Gasteiger partial charge on any atom is -0.352 e. The van der Waals surface area contributed by atoms with Gasteiger partial charge in [0.2, 0.25) is 5.91 Å². The van der Waals surface area contributed by atoms with Crippen molar-refractivity contribution in [3.63, 3.8) is 0 Å². The second-order valence-electron chi connectivity index (χ2n) is 10.6. The Bertz CT molecular complexity index is 1740. The molecule has 0 aliphatic carbocycles. The number of carbonyl (C=O) groups is 1.